The number of amides is 1. The van der Waals surface area contributed by atoms with Crippen molar-refractivity contribution < 1.29 is 4.79 Å². The first-order valence-electron chi connectivity index (χ1n) is 7.32. The number of thioether (sulfide) groups is 1. The second kappa shape index (κ2) is 7.83. The zero-order valence-electron chi connectivity index (χ0n) is 12.9. The number of benzene rings is 1. The van der Waals surface area contributed by atoms with Crippen molar-refractivity contribution in [1.29, 1.82) is 0 Å². The molecule has 1 aromatic carbocycles. The van der Waals surface area contributed by atoms with Gasteiger partial charge in [-0.3, -0.25) is 4.79 Å². The van der Waals surface area contributed by atoms with Crippen LogP contribution in [0.2, 0.25) is 5.02 Å². The highest BCUT2D eigenvalue weighted by atomic mass is 35.5. The standard InChI is InChI=1S/C16H15ClN4OS2/c1-2-21-15(13-4-3-9-23-13)19-20-16(21)24-10-14(22)18-12-7-5-11(17)6-8-12/h3-9H,2,10H2,1H3,(H,18,22). The Kier molecular flexibility index (Phi) is 5.55. The smallest absolute Gasteiger partial charge is 0.234 e. The van der Waals surface area contributed by atoms with Crippen molar-refractivity contribution in [2.45, 2.75) is 18.6 Å². The SMILES string of the molecule is CCn1c(SCC(=O)Nc2ccc(Cl)cc2)nnc1-c1cccs1. The van der Waals surface area contributed by atoms with E-state index in [1.54, 1.807) is 35.6 Å². The van der Waals surface area contributed by atoms with Gasteiger partial charge in [-0.2, -0.15) is 0 Å². The van der Waals surface area contributed by atoms with E-state index in [-0.39, 0.29) is 11.7 Å². The molecule has 1 N–H and O–H groups in total. The summed E-state index contributed by atoms with van der Waals surface area (Å²) in [5, 5.41) is 14.7. The maximum Gasteiger partial charge on any atom is 0.234 e. The zero-order chi connectivity index (χ0) is 16.9. The molecule has 24 heavy (non-hydrogen) atoms. The van der Waals surface area contributed by atoms with Gasteiger partial charge in [0.1, 0.15) is 0 Å². The molecule has 0 bridgehead atoms. The van der Waals surface area contributed by atoms with Gasteiger partial charge in [-0.1, -0.05) is 29.4 Å². The first kappa shape index (κ1) is 17.0. The van der Waals surface area contributed by atoms with E-state index in [2.05, 4.69) is 15.5 Å². The summed E-state index contributed by atoms with van der Waals surface area (Å²) in [5.74, 6) is 1.02. The Morgan fingerprint density at radius 3 is 2.75 bits per heavy atom. The molecule has 2 aromatic heterocycles. The molecule has 0 fully saturated rings. The van der Waals surface area contributed by atoms with Crippen molar-refractivity contribution in [3.8, 4) is 10.7 Å². The van der Waals surface area contributed by atoms with E-state index >= 15 is 0 Å². The van der Waals surface area contributed by atoms with Crippen LogP contribution in [0.4, 0.5) is 5.69 Å². The van der Waals surface area contributed by atoms with E-state index in [0.29, 0.717) is 5.02 Å². The van der Waals surface area contributed by atoms with Gasteiger partial charge in [0.15, 0.2) is 11.0 Å². The number of aromatic nitrogens is 3. The van der Waals surface area contributed by atoms with Crippen molar-refractivity contribution in [3.63, 3.8) is 0 Å². The zero-order valence-corrected chi connectivity index (χ0v) is 15.3. The van der Waals surface area contributed by atoms with E-state index in [1.165, 1.54) is 11.8 Å². The average molecular weight is 379 g/mol. The van der Waals surface area contributed by atoms with Crippen LogP contribution >= 0.6 is 34.7 Å². The van der Waals surface area contributed by atoms with Crippen LogP contribution in [0.1, 0.15) is 6.92 Å². The third-order valence-electron chi connectivity index (χ3n) is 3.23. The second-order valence-corrected chi connectivity index (χ2v) is 7.20. The molecule has 3 rings (SSSR count). The number of nitrogens with zero attached hydrogens (tertiary/aromatic N) is 3. The predicted octanol–water partition coefficient (Wildman–Crippen LogP) is 4.41. The molecule has 0 radical (unpaired) electrons. The van der Waals surface area contributed by atoms with Gasteiger partial charge >= 0.3 is 0 Å². The average Bonchev–Trinajstić information content (AvgIpc) is 3.23. The van der Waals surface area contributed by atoms with Crippen LogP contribution < -0.4 is 5.32 Å². The van der Waals surface area contributed by atoms with Gasteiger partial charge in [-0.15, -0.1) is 21.5 Å². The summed E-state index contributed by atoms with van der Waals surface area (Å²) in [4.78, 5) is 13.2. The lowest BCUT2D eigenvalue weighted by molar-refractivity contribution is -0.113. The molecule has 3 aromatic rings. The number of carbonyl (C=O) groups is 1. The molecule has 0 saturated heterocycles. The molecule has 0 unspecified atom stereocenters. The summed E-state index contributed by atoms with van der Waals surface area (Å²) in [6.07, 6.45) is 0. The van der Waals surface area contributed by atoms with E-state index < -0.39 is 0 Å². The highest BCUT2D eigenvalue weighted by molar-refractivity contribution is 7.99. The summed E-state index contributed by atoms with van der Waals surface area (Å²) in [7, 11) is 0. The van der Waals surface area contributed by atoms with Gasteiger partial charge in [-0.05, 0) is 42.6 Å². The van der Waals surface area contributed by atoms with Crippen molar-refractivity contribution in [3.05, 3.63) is 46.8 Å². The number of rotatable bonds is 6. The first-order chi connectivity index (χ1) is 11.7. The number of nitrogens with one attached hydrogen (secondary N) is 1. The maximum atomic E-state index is 12.1. The largest absolute Gasteiger partial charge is 0.325 e. The van der Waals surface area contributed by atoms with Crippen LogP contribution in [-0.2, 0) is 11.3 Å². The van der Waals surface area contributed by atoms with Crippen molar-refractivity contribution in [2.24, 2.45) is 0 Å². The Labute approximate surface area is 153 Å². The van der Waals surface area contributed by atoms with Gasteiger partial charge in [-0.25, -0.2) is 0 Å². The Morgan fingerprint density at radius 2 is 2.08 bits per heavy atom. The van der Waals surface area contributed by atoms with Gasteiger partial charge < -0.3 is 9.88 Å². The quantitative estimate of drug-likeness (QED) is 0.645. The fourth-order valence-corrected chi connectivity index (χ4v) is 3.77. The fourth-order valence-electron chi connectivity index (χ4n) is 2.13. The molecule has 0 saturated carbocycles. The monoisotopic (exact) mass is 378 g/mol. The minimum Gasteiger partial charge on any atom is -0.325 e. The van der Waals surface area contributed by atoms with Crippen molar-refractivity contribution in [1.82, 2.24) is 14.8 Å². The number of thiophene rings is 1. The lowest BCUT2D eigenvalue weighted by atomic mass is 10.3. The predicted molar refractivity (Wildman–Crippen MR) is 99.8 cm³/mol. The highest BCUT2D eigenvalue weighted by Crippen LogP contribution is 2.27. The highest BCUT2D eigenvalue weighted by Gasteiger charge is 2.15. The number of hydrogen-bond acceptors (Lipinski definition) is 5. The number of anilines is 1. The lowest BCUT2D eigenvalue weighted by Gasteiger charge is -2.07. The Hall–Kier alpha value is -1.83. The van der Waals surface area contributed by atoms with Crippen LogP contribution in [-0.4, -0.2) is 26.4 Å². The molecule has 0 aliphatic rings. The Balaban J connectivity index is 1.64. The summed E-state index contributed by atoms with van der Waals surface area (Å²) >= 11 is 8.83. The Morgan fingerprint density at radius 1 is 1.29 bits per heavy atom. The molecule has 8 heteroatoms. The summed E-state index contributed by atoms with van der Waals surface area (Å²) in [6.45, 7) is 2.79. The van der Waals surface area contributed by atoms with Gasteiger partial charge in [0, 0.05) is 17.3 Å². The second-order valence-electron chi connectivity index (χ2n) is 4.87. The topological polar surface area (TPSA) is 59.8 Å². The van der Waals surface area contributed by atoms with Gasteiger partial charge in [0.05, 0.1) is 10.6 Å². The van der Waals surface area contributed by atoms with Crippen molar-refractivity contribution >= 4 is 46.3 Å². The van der Waals surface area contributed by atoms with Gasteiger partial charge in [0.25, 0.3) is 0 Å². The molecule has 1 amide bonds. The van der Waals surface area contributed by atoms with Gasteiger partial charge in [0.2, 0.25) is 5.91 Å². The fraction of sp³-hybridized carbons (Fsp3) is 0.188. The van der Waals surface area contributed by atoms with E-state index in [9.17, 15) is 4.79 Å². The Bertz CT molecular complexity index is 815. The van der Waals surface area contributed by atoms with Crippen molar-refractivity contribution in [2.75, 3.05) is 11.1 Å². The van der Waals surface area contributed by atoms with Crippen LogP contribution in [0.3, 0.4) is 0 Å². The van der Waals surface area contributed by atoms with Crippen LogP contribution in [0.15, 0.2) is 46.9 Å². The van der Waals surface area contributed by atoms with E-state index in [1.807, 2.05) is 29.0 Å². The maximum absolute atomic E-state index is 12.1. The van der Waals surface area contributed by atoms with Crippen LogP contribution in [0.5, 0.6) is 0 Å². The minimum absolute atomic E-state index is 0.0920. The minimum atomic E-state index is -0.0920. The molecular weight excluding hydrogens is 364 g/mol. The molecule has 0 spiro atoms. The molecular formula is C16H15ClN4OS2. The lowest BCUT2D eigenvalue weighted by Crippen LogP contribution is -2.14. The number of carbonyl (C=O) groups excluding carboxylic acids is 1. The van der Waals surface area contributed by atoms with E-state index in [0.717, 1.165) is 28.1 Å². The summed E-state index contributed by atoms with van der Waals surface area (Å²) < 4.78 is 2.02. The summed E-state index contributed by atoms with van der Waals surface area (Å²) in [5.41, 5.74) is 0.723. The first-order valence-corrected chi connectivity index (χ1v) is 9.57. The molecule has 5 nitrogen and oxygen atoms in total. The third-order valence-corrected chi connectivity index (χ3v) is 5.32. The molecule has 0 atom stereocenters. The third kappa shape index (κ3) is 3.98. The number of halogens is 1. The van der Waals surface area contributed by atoms with Crippen LogP contribution in [0, 0.1) is 0 Å². The normalized spacial score (nSPS) is 10.8. The van der Waals surface area contributed by atoms with Crippen LogP contribution in [0.25, 0.3) is 10.7 Å². The molecule has 2 heterocycles. The number of hydrogen-bond donors (Lipinski definition) is 1. The van der Waals surface area contributed by atoms with E-state index in [4.69, 9.17) is 11.6 Å². The molecule has 0 aliphatic carbocycles. The molecule has 124 valence electrons. The summed E-state index contributed by atoms with van der Waals surface area (Å²) in [6, 6.07) is 11.0. The molecule has 0 aliphatic heterocycles.